The van der Waals surface area contributed by atoms with Gasteiger partial charge in [0.2, 0.25) is 0 Å². The van der Waals surface area contributed by atoms with Crippen LogP contribution >= 0.6 is 11.3 Å². The summed E-state index contributed by atoms with van der Waals surface area (Å²) in [6.45, 7) is 3.72. The third-order valence-corrected chi connectivity index (χ3v) is 4.28. The molecule has 2 aromatic heterocycles. The van der Waals surface area contributed by atoms with Crippen molar-refractivity contribution in [2.45, 2.75) is 19.8 Å². The highest BCUT2D eigenvalue weighted by atomic mass is 32.1. The number of likely N-dealkylation sites (N-methyl/N-ethyl adjacent to an activating group) is 1. The molecule has 0 amide bonds. The van der Waals surface area contributed by atoms with Crippen LogP contribution in [-0.4, -0.2) is 29.9 Å². The first-order chi connectivity index (χ1) is 9.13. The Balaban J connectivity index is 2.11. The third kappa shape index (κ3) is 3.16. The molecular formula is C14H22N4S. The minimum atomic E-state index is 0.665. The molecule has 2 rings (SSSR count). The fraction of sp³-hybridized carbons (Fsp3) is 0.500. The van der Waals surface area contributed by atoms with Crippen molar-refractivity contribution in [3.63, 3.8) is 0 Å². The van der Waals surface area contributed by atoms with E-state index in [-0.39, 0.29) is 0 Å². The van der Waals surface area contributed by atoms with Gasteiger partial charge in [-0.1, -0.05) is 6.07 Å². The summed E-state index contributed by atoms with van der Waals surface area (Å²) in [7, 11) is 4.13. The highest BCUT2D eigenvalue weighted by Gasteiger charge is 2.16. The second kappa shape index (κ2) is 6.21. The smallest absolute Gasteiger partial charge is 0.129 e. The molecule has 2 aromatic rings. The normalized spacial score (nSPS) is 10.9. The van der Waals surface area contributed by atoms with Gasteiger partial charge in [0.05, 0.1) is 5.69 Å². The molecule has 0 radical (unpaired) electrons. The van der Waals surface area contributed by atoms with Crippen molar-refractivity contribution < 1.29 is 0 Å². The van der Waals surface area contributed by atoms with Crippen molar-refractivity contribution in [3.05, 3.63) is 33.6 Å². The van der Waals surface area contributed by atoms with Gasteiger partial charge in [-0.15, -0.1) is 11.3 Å². The number of nitrogens with zero attached hydrogens (tertiary/aromatic N) is 3. The summed E-state index contributed by atoms with van der Waals surface area (Å²) in [5.41, 5.74) is 8.07. The zero-order valence-corrected chi connectivity index (χ0v) is 12.7. The second-order valence-electron chi connectivity index (χ2n) is 4.80. The van der Waals surface area contributed by atoms with E-state index in [2.05, 4.69) is 41.5 Å². The molecule has 0 bridgehead atoms. The summed E-state index contributed by atoms with van der Waals surface area (Å²) in [6.07, 6.45) is 1.96. The third-order valence-electron chi connectivity index (χ3n) is 3.34. The van der Waals surface area contributed by atoms with Gasteiger partial charge in [0.15, 0.2) is 0 Å². The number of rotatable bonds is 6. The van der Waals surface area contributed by atoms with Crippen LogP contribution in [0.1, 0.15) is 16.1 Å². The second-order valence-corrected chi connectivity index (χ2v) is 5.83. The average Bonchev–Trinajstić information content (AvgIpc) is 2.96. The van der Waals surface area contributed by atoms with Crippen LogP contribution in [0.15, 0.2) is 17.5 Å². The molecule has 2 N–H and O–H groups in total. The molecule has 0 unspecified atom stereocenters. The molecule has 0 aliphatic carbocycles. The van der Waals surface area contributed by atoms with Gasteiger partial charge in [0.25, 0.3) is 0 Å². The predicted octanol–water partition coefficient (Wildman–Crippen LogP) is 1.97. The molecular weight excluding hydrogens is 256 g/mol. The molecule has 0 saturated heterocycles. The number of aromatic nitrogens is 2. The molecule has 104 valence electrons. The van der Waals surface area contributed by atoms with Crippen molar-refractivity contribution in [3.8, 4) is 0 Å². The zero-order valence-electron chi connectivity index (χ0n) is 11.9. The van der Waals surface area contributed by atoms with E-state index in [1.807, 2.05) is 23.1 Å². The number of nitrogens with two attached hydrogens (primary N) is 1. The molecule has 19 heavy (non-hydrogen) atoms. The number of aryl methyl sites for hydroxylation is 2. The number of thiophene rings is 1. The van der Waals surface area contributed by atoms with Gasteiger partial charge in [-0.05, 0) is 37.8 Å². The van der Waals surface area contributed by atoms with Crippen molar-refractivity contribution in [2.75, 3.05) is 25.0 Å². The number of hydrogen-bond donors (Lipinski definition) is 1. The molecule has 2 heterocycles. The maximum Gasteiger partial charge on any atom is 0.129 e. The lowest BCUT2D eigenvalue weighted by atomic mass is 10.1. The minimum absolute atomic E-state index is 0.665. The van der Waals surface area contributed by atoms with Crippen molar-refractivity contribution in [1.29, 1.82) is 0 Å². The Kier molecular flexibility index (Phi) is 4.61. The van der Waals surface area contributed by atoms with E-state index in [0.717, 1.165) is 25.1 Å². The van der Waals surface area contributed by atoms with Crippen molar-refractivity contribution in [1.82, 2.24) is 9.78 Å². The summed E-state index contributed by atoms with van der Waals surface area (Å²) in [6, 6.07) is 4.29. The standard InChI is InChI=1S/C14H22N4S/c1-11-13(6-8-15)14(18(3)16-11)17(2)9-7-12-5-4-10-19-12/h4-5,10H,6-9,15H2,1-3H3. The first-order valence-corrected chi connectivity index (χ1v) is 7.47. The van der Waals surface area contributed by atoms with Crippen LogP contribution in [0.25, 0.3) is 0 Å². The summed E-state index contributed by atoms with van der Waals surface area (Å²) in [5, 5.41) is 6.65. The maximum absolute atomic E-state index is 5.70. The molecule has 4 nitrogen and oxygen atoms in total. The summed E-state index contributed by atoms with van der Waals surface area (Å²) in [5.74, 6) is 1.19. The fourth-order valence-corrected chi connectivity index (χ4v) is 3.14. The molecule has 0 saturated carbocycles. The SMILES string of the molecule is Cc1nn(C)c(N(C)CCc2cccs2)c1CCN. The van der Waals surface area contributed by atoms with E-state index in [1.165, 1.54) is 16.3 Å². The predicted molar refractivity (Wildman–Crippen MR) is 82.0 cm³/mol. The Morgan fingerprint density at radius 3 is 2.84 bits per heavy atom. The van der Waals surface area contributed by atoms with E-state index >= 15 is 0 Å². The lowest BCUT2D eigenvalue weighted by Gasteiger charge is -2.20. The van der Waals surface area contributed by atoms with Crippen LogP contribution in [0.5, 0.6) is 0 Å². The van der Waals surface area contributed by atoms with Crippen molar-refractivity contribution in [2.24, 2.45) is 12.8 Å². The van der Waals surface area contributed by atoms with E-state index in [9.17, 15) is 0 Å². The quantitative estimate of drug-likeness (QED) is 0.879. The summed E-state index contributed by atoms with van der Waals surface area (Å²) >= 11 is 1.81. The lowest BCUT2D eigenvalue weighted by Crippen LogP contribution is -2.24. The Hall–Kier alpha value is -1.33. The van der Waals surface area contributed by atoms with Crippen LogP contribution in [0.2, 0.25) is 0 Å². The first-order valence-electron chi connectivity index (χ1n) is 6.59. The maximum atomic E-state index is 5.70. The molecule has 5 heteroatoms. The van der Waals surface area contributed by atoms with E-state index in [1.54, 1.807) is 0 Å². The fourth-order valence-electron chi connectivity index (χ4n) is 2.44. The number of anilines is 1. The van der Waals surface area contributed by atoms with Crippen LogP contribution < -0.4 is 10.6 Å². The van der Waals surface area contributed by atoms with Gasteiger partial charge in [-0.3, -0.25) is 4.68 Å². The summed E-state index contributed by atoms with van der Waals surface area (Å²) in [4.78, 5) is 3.70. The Morgan fingerprint density at radius 2 is 2.21 bits per heavy atom. The van der Waals surface area contributed by atoms with Gasteiger partial charge in [-0.25, -0.2) is 0 Å². The molecule has 0 atom stereocenters. The van der Waals surface area contributed by atoms with Crippen LogP contribution in [0, 0.1) is 6.92 Å². The highest BCUT2D eigenvalue weighted by Crippen LogP contribution is 2.23. The topological polar surface area (TPSA) is 47.1 Å². The Bertz CT molecular complexity index is 516. The van der Waals surface area contributed by atoms with E-state index in [4.69, 9.17) is 5.73 Å². The molecule has 0 aliphatic rings. The number of hydrogen-bond acceptors (Lipinski definition) is 4. The van der Waals surface area contributed by atoms with E-state index in [0.29, 0.717) is 6.54 Å². The lowest BCUT2D eigenvalue weighted by molar-refractivity contribution is 0.724. The highest BCUT2D eigenvalue weighted by molar-refractivity contribution is 7.09. The van der Waals surface area contributed by atoms with Crippen LogP contribution in [0.4, 0.5) is 5.82 Å². The molecule has 0 aliphatic heterocycles. The molecule has 0 fully saturated rings. The van der Waals surface area contributed by atoms with Gasteiger partial charge in [-0.2, -0.15) is 5.10 Å². The van der Waals surface area contributed by atoms with Gasteiger partial charge >= 0.3 is 0 Å². The van der Waals surface area contributed by atoms with Gasteiger partial charge < -0.3 is 10.6 Å². The van der Waals surface area contributed by atoms with Crippen molar-refractivity contribution >= 4 is 17.2 Å². The minimum Gasteiger partial charge on any atom is -0.359 e. The van der Waals surface area contributed by atoms with E-state index < -0.39 is 0 Å². The monoisotopic (exact) mass is 278 g/mol. The van der Waals surface area contributed by atoms with Gasteiger partial charge in [0, 0.05) is 31.1 Å². The van der Waals surface area contributed by atoms with Crippen LogP contribution in [-0.2, 0) is 19.9 Å². The van der Waals surface area contributed by atoms with Gasteiger partial charge in [0.1, 0.15) is 5.82 Å². The molecule has 0 aromatic carbocycles. The summed E-state index contributed by atoms with van der Waals surface area (Å²) < 4.78 is 1.97. The Labute approximate surface area is 118 Å². The molecule has 0 spiro atoms. The zero-order chi connectivity index (χ0) is 13.8. The first kappa shape index (κ1) is 14.1. The van der Waals surface area contributed by atoms with Crippen LogP contribution in [0.3, 0.4) is 0 Å². The largest absolute Gasteiger partial charge is 0.359 e. The Morgan fingerprint density at radius 1 is 1.42 bits per heavy atom. The average molecular weight is 278 g/mol.